The van der Waals surface area contributed by atoms with Crippen molar-refractivity contribution in [2.75, 3.05) is 31.6 Å². The summed E-state index contributed by atoms with van der Waals surface area (Å²) in [4.78, 5) is 12.5. The lowest BCUT2D eigenvalue weighted by Gasteiger charge is -2.24. The average molecular weight is 378 g/mol. The van der Waals surface area contributed by atoms with Crippen molar-refractivity contribution in [3.63, 3.8) is 0 Å². The number of benzene rings is 1. The third-order valence-electron chi connectivity index (χ3n) is 4.20. The second kappa shape index (κ2) is 7.61. The van der Waals surface area contributed by atoms with Gasteiger partial charge in [-0.3, -0.25) is 4.79 Å². The van der Waals surface area contributed by atoms with Crippen LogP contribution in [0.5, 0.6) is 0 Å². The highest BCUT2D eigenvalue weighted by atomic mass is 32.2. The summed E-state index contributed by atoms with van der Waals surface area (Å²) in [6, 6.07) is 10.2. The van der Waals surface area contributed by atoms with Gasteiger partial charge >= 0.3 is 0 Å². The van der Waals surface area contributed by atoms with Gasteiger partial charge in [-0.1, -0.05) is 32.0 Å². The van der Waals surface area contributed by atoms with E-state index in [1.807, 2.05) is 38.1 Å². The number of nitrogens with zero attached hydrogens (tertiary/aromatic N) is 1. The summed E-state index contributed by atoms with van der Waals surface area (Å²) < 4.78 is 37.0. The molecule has 2 aromatic rings. The van der Waals surface area contributed by atoms with Gasteiger partial charge in [-0.05, 0) is 29.7 Å². The van der Waals surface area contributed by atoms with Crippen LogP contribution in [0.1, 0.15) is 35.9 Å². The smallest absolute Gasteiger partial charge is 0.291 e. The van der Waals surface area contributed by atoms with Gasteiger partial charge < -0.3 is 14.5 Å². The molecular weight excluding hydrogens is 356 g/mol. The highest BCUT2D eigenvalue weighted by molar-refractivity contribution is 7.89. The normalized spacial score (nSPS) is 16.0. The van der Waals surface area contributed by atoms with Crippen molar-refractivity contribution in [2.24, 2.45) is 0 Å². The number of sulfonamides is 1. The topological polar surface area (TPSA) is 88.9 Å². The minimum atomic E-state index is -3.76. The van der Waals surface area contributed by atoms with Crippen LogP contribution < -0.4 is 5.32 Å². The van der Waals surface area contributed by atoms with E-state index in [9.17, 15) is 13.2 Å². The fourth-order valence-electron chi connectivity index (χ4n) is 2.79. The van der Waals surface area contributed by atoms with Crippen molar-refractivity contribution in [3.8, 4) is 0 Å². The first-order chi connectivity index (χ1) is 12.4. The Balaban J connectivity index is 1.78. The van der Waals surface area contributed by atoms with Crippen molar-refractivity contribution in [3.05, 3.63) is 47.7 Å². The molecule has 8 heteroatoms. The fourth-order valence-corrected chi connectivity index (χ4v) is 4.11. The highest BCUT2D eigenvalue weighted by Crippen LogP contribution is 2.25. The van der Waals surface area contributed by atoms with Crippen molar-refractivity contribution < 1.29 is 22.4 Å². The molecule has 0 saturated carbocycles. The number of nitrogens with one attached hydrogen (secondary N) is 1. The maximum absolute atomic E-state index is 12.6. The molecule has 3 rings (SSSR count). The summed E-state index contributed by atoms with van der Waals surface area (Å²) in [5.41, 5.74) is 1.68. The molecule has 0 unspecified atom stereocenters. The molecule has 1 amide bonds. The minimum Gasteiger partial charge on any atom is -0.438 e. The van der Waals surface area contributed by atoms with E-state index < -0.39 is 15.9 Å². The van der Waals surface area contributed by atoms with Gasteiger partial charge in [-0.2, -0.15) is 4.31 Å². The largest absolute Gasteiger partial charge is 0.438 e. The van der Waals surface area contributed by atoms with E-state index in [1.54, 1.807) is 0 Å². The maximum atomic E-state index is 12.6. The molecule has 1 fully saturated rings. The van der Waals surface area contributed by atoms with E-state index in [2.05, 4.69) is 5.32 Å². The maximum Gasteiger partial charge on any atom is 0.291 e. The van der Waals surface area contributed by atoms with Crippen molar-refractivity contribution >= 4 is 21.6 Å². The molecule has 0 bridgehead atoms. The molecule has 1 aliphatic rings. The number of hydrogen-bond donors (Lipinski definition) is 1. The van der Waals surface area contributed by atoms with E-state index in [0.717, 1.165) is 5.56 Å². The summed E-state index contributed by atoms with van der Waals surface area (Å²) in [5, 5.41) is 2.56. The molecule has 1 saturated heterocycles. The Bertz CT molecular complexity index is 882. The molecule has 1 aliphatic heterocycles. The van der Waals surface area contributed by atoms with Crippen LogP contribution in [-0.4, -0.2) is 44.9 Å². The van der Waals surface area contributed by atoms with Crippen LogP contribution in [0, 0.1) is 0 Å². The molecule has 0 radical (unpaired) electrons. The number of morpholine rings is 1. The number of anilines is 1. The van der Waals surface area contributed by atoms with E-state index in [0.29, 0.717) is 18.9 Å². The van der Waals surface area contributed by atoms with Gasteiger partial charge in [0.2, 0.25) is 5.09 Å². The highest BCUT2D eigenvalue weighted by Gasteiger charge is 2.30. The monoisotopic (exact) mass is 378 g/mol. The van der Waals surface area contributed by atoms with Crippen molar-refractivity contribution in [2.45, 2.75) is 24.9 Å². The molecule has 1 aromatic carbocycles. The average Bonchev–Trinajstić information content (AvgIpc) is 3.14. The summed E-state index contributed by atoms with van der Waals surface area (Å²) in [7, 11) is -3.76. The summed E-state index contributed by atoms with van der Waals surface area (Å²) in [6.07, 6.45) is 0. The SMILES string of the molecule is CC(C)c1ccccc1NC(=O)c1ccc(S(=O)(=O)N2CCOCC2)o1. The Morgan fingerprint density at radius 3 is 2.50 bits per heavy atom. The summed E-state index contributed by atoms with van der Waals surface area (Å²) in [6.45, 7) is 5.30. The molecule has 1 N–H and O–H groups in total. The van der Waals surface area contributed by atoms with Gasteiger partial charge in [0.15, 0.2) is 5.76 Å². The lowest BCUT2D eigenvalue weighted by molar-refractivity contribution is 0.0723. The fraction of sp³-hybridized carbons (Fsp3) is 0.389. The first-order valence-corrected chi connectivity index (χ1v) is 9.91. The Morgan fingerprint density at radius 1 is 1.12 bits per heavy atom. The van der Waals surface area contributed by atoms with Crippen LogP contribution in [0.3, 0.4) is 0 Å². The van der Waals surface area contributed by atoms with Crippen LogP contribution in [-0.2, 0) is 14.8 Å². The third-order valence-corrected chi connectivity index (χ3v) is 5.97. The van der Waals surface area contributed by atoms with Crippen molar-refractivity contribution in [1.29, 1.82) is 0 Å². The Morgan fingerprint density at radius 2 is 1.81 bits per heavy atom. The molecule has 140 valence electrons. The molecular formula is C18H22N2O5S. The van der Waals surface area contributed by atoms with Crippen LogP contribution in [0.15, 0.2) is 45.9 Å². The van der Waals surface area contributed by atoms with Gasteiger partial charge in [0.25, 0.3) is 15.9 Å². The zero-order valence-corrected chi connectivity index (χ0v) is 15.6. The van der Waals surface area contributed by atoms with Gasteiger partial charge in [-0.25, -0.2) is 8.42 Å². The standard InChI is InChI=1S/C18H22N2O5S/c1-13(2)14-5-3-4-6-15(14)19-18(21)16-7-8-17(25-16)26(22,23)20-9-11-24-12-10-20/h3-8,13H,9-12H2,1-2H3,(H,19,21). The quantitative estimate of drug-likeness (QED) is 0.864. The van der Waals surface area contributed by atoms with E-state index in [4.69, 9.17) is 9.15 Å². The van der Waals surface area contributed by atoms with Gasteiger partial charge in [-0.15, -0.1) is 0 Å². The second-order valence-corrected chi connectivity index (χ2v) is 8.20. The molecule has 1 aromatic heterocycles. The van der Waals surface area contributed by atoms with E-state index in [1.165, 1.54) is 16.4 Å². The number of carbonyl (C=O) groups excluding carboxylic acids is 1. The zero-order valence-electron chi connectivity index (χ0n) is 14.8. The van der Waals surface area contributed by atoms with E-state index in [-0.39, 0.29) is 29.9 Å². The molecule has 0 spiro atoms. The van der Waals surface area contributed by atoms with Gasteiger partial charge in [0, 0.05) is 18.8 Å². The number of rotatable bonds is 5. The Labute approximate surface area is 153 Å². The second-order valence-electron chi connectivity index (χ2n) is 6.33. The number of carbonyl (C=O) groups is 1. The van der Waals surface area contributed by atoms with Gasteiger partial charge in [0.1, 0.15) is 0 Å². The summed E-state index contributed by atoms with van der Waals surface area (Å²) >= 11 is 0. The Kier molecular flexibility index (Phi) is 5.45. The molecule has 26 heavy (non-hydrogen) atoms. The van der Waals surface area contributed by atoms with Crippen LogP contribution >= 0.6 is 0 Å². The lowest BCUT2D eigenvalue weighted by Crippen LogP contribution is -2.40. The number of ether oxygens (including phenoxy) is 1. The predicted octanol–water partition coefficient (Wildman–Crippen LogP) is 2.68. The van der Waals surface area contributed by atoms with Crippen molar-refractivity contribution in [1.82, 2.24) is 4.31 Å². The molecule has 0 aliphatic carbocycles. The molecule has 0 atom stereocenters. The van der Waals surface area contributed by atoms with Crippen LogP contribution in [0.25, 0.3) is 0 Å². The predicted molar refractivity (Wildman–Crippen MR) is 96.8 cm³/mol. The number of para-hydroxylation sites is 1. The third kappa shape index (κ3) is 3.82. The Hall–Kier alpha value is -2.16. The minimum absolute atomic E-state index is 0.0459. The number of hydrogen-bond acceptors (Lipinski definition) is 5. The zero-order chi connectivity index (χ0) is 18.7. The number of amides is 1. The van der Waals surface area contributed by atoms with Gasteiger partial charge in [0.05, 0.1) is 13.2 Å². The summed E-state index contributed by atoms with van der Waals surface area (Å²) in [5.74, 6) is -0.294. The lowest BCUT2D eigenvalue weighted by atomic mass is 10.0. The number of furan rings is 1. The van der Waals surface area contributed by atoms with Crippen LogP contribution in [0.4, 0.5) is 5.69 Å². The molecule has 2 heterocycles. The molecule has 7 nitrogen and oxygen atoms in total. The van der Waals surface area contributed by atoms with E-state index >= 15 is 0 Å². The first-order valence-electron chi connectivity index (χ1n) is 8.47. The van der Waals surface area contributed by atoms with Crippen LogP contribution in [0.2, 0.25) is 0 Å². The first kappa shape index (κ1) is 18.6.